The molecule has 158 valence electrons. The van der Waals surface area contributed by atoms with Gasteiger partial charge in [-0.05, 0) is 30.3 Å². The second-order valence-electron chi connectivity index (χ2n) is 6.78. The van der Waals surface area contributed by atoms with Gasteiger partial charge < -0.3 is 15.2 Å². The lowest BCUT2D eigenvalue weighted by Crippen LogP contribution is -2.26. The molecule has 0 bridgehead atoms. The molecule has 4 rings (SSSR count). The van der Waals surface area contributed by atoms with Gasteiger partial charge in [-0.2, -0.15) is 0 Å². The van der Waals surface area contributed by atoms with Crippen molar-refractivity contribution < 1.29 is 9.84 Å². The molecule has 0 aliphatic carbocycles. The molecule has 0 unspecified atom stereocenters. The second kappa shape index (κ2) is 10.5. The normalized spacial score (nSPS) is 11.9. The summed E-state index contributed by atoms with van der Waals surface area (Å²) < 4.78 is 5.86. The molecule has 3 aromatic heterocycles. The van der Waals surface area contributed by atoms with Crippen molar-refractivity contribution >= 4 is 22.9 Å². The monoisotopic (exact) mass is 452 g/mol. The largest absolute Gasteiger partial charge is 0.492 e. The lowest BCUT2D eigenvalue weighted by Gasteiger charge is -2.12. The Hall–Kier alpha value is -2.84. The van der Waals surface area contributed by atoms with E-state index in [0.29, 0.717) is 24.8 Å². The number of pyridine rings is 2. The third-order valence-electron chi connectivity index (χ3n) is 4.58. The number of thiazole rings is 1. The van der Waals surface area contributed by atoms with Crippen molar-refractivity contribution in [1.82, 2.24) is 20.3 Å². The van der Waals surface area contributed by atoms with E-state index in [1.54, 1.807) is 42.1 Å². The molecule has 1 atom stereocenters. The van der Waals surface area contributed by atoms with Gasteiger partial charge in [0, 0.05) is 53.8 Å². The number of aliphatic hydroxyl groups is 1. The van der Waals surface area contributed by atoms with Crippen molar-refractivity contribution in [2.75, 3.05) is 19.7 Å². The average Bonchev–Trinajstić information content (AvgIpc) is 3.30. The van der Waals surface area contributed by atoms with E-state index in [-0.39, 0.29) is 0 Å². The van der Waals surface area contributed by atoms with Crippen molar-refractivity contribution in [1.29, 1.82) is 0 Å². The number of aromatic nitrogens is 3. The van der Waals surface area contributed by atoms with E-state index < -0.39 is 6.10 Å². The minimum Gasteiger partial charge on any atom is -0.492 e. The second-order valence-corrected chi connectivity index (χ2v) is 8.03. The Morgan fingerprint density at radius 2 is 1.97 bits per heavy atom. The van der Waals surface area contributed by atoms with Gasteiger partial charge in [-0.25, -0.2) is 9.97 Å². The molecule has 8 heteroatoms. The van der Waals surface area contributed by atoms with E-state index in [0.717, 1.165) is 33.1 Å². The third-order valence-corrected chi connectivity index (χ3v) is 5.70. The van der Waals surface area contributed by atoms with Gasteiger partial charge in [0.25, 0.3) is 0 Å². The molecular weight excluding hydrogens is 432 g/mol. The van der Waals surface area contributed by atoms with E-state index >= 15 is 0 Å². The number of nitrogens with one attached hydrogen (secondary N) is 1. The van der Waals surface area contributed by atoms with Crippen LogP contribution in [0.2, 0.25) is 5.15 Å². The van der Waals surface area contributed by atoms with Gasteiger partial charge in [0.2, 0.25) is 0 Å². The number of rotatable bonds is 9. The molecule has 1 aromatic carbocycles. The molecular formula is C23H21ClN4O2S. The Labute approximate surface area is 189 Å². The lowest BCUT2D eigenvalue weighted by molar-refractivity contribution is 0.171. The fourth-order valence-electron chi connectivity index (χ4n) is 2.96. The summed E-state index contributed by atoms with van der Waals surface area (Å²) in [5.41, 5.74) is 3.70. The molecule has 0 saturated heterocycles. The van der Waals surface area contributed by atoms with Crippen LogP contribution in [-0.2, 0) is 0 Å². The Morgan fingerprint density at radius 3 is 2.77 bits per heavy atom. The Morgan fingerprint density at radius 1 is 1.10 bits per heavy atom. The minimum absolute atomic E-state index is 0.406. The van der Waals surface area contributed by atoms with Crippen LogP contribution in [0.1, 0.15) is 11.7 Å². The molecule has 0 radical (unpaired) electrons. The highest BCUT2D eigenvalue weighted by Gasteiger charge is 2.09. The predicted octanol–water partition coefficient (Wildman–Crippen LogP) is 4.62. The number of hydrogen-bond donors (Lipinski definition) is 2. The zero-order chi connectivity index (χ0) is 21.5. The van der Waals surface area contributed by atoms with Crippen LogP contribution >= 0.6 is 22.9 Å². The smallest absolute Gasteiger partial charge is 0.129 e. The SMILES string of the molecule is O[C@@H](CNCCOc1cccc(-c2csc(-c3ccncc3)n2)c1)c1ccc(Cl)nc1. The first-order chi connectivity index (χ1) is 15.2. The van der Waals surface area contributed by atoms with Crippen LogP contribution in [0, 0.1) is 0 Å². The van der Waals surface area contributed by atoms with E-state index in [4.69, 9.17) is 21.3 Å². The molecule has 2 N–H and O–H groups in total. The van der Waals surface area contributed by atoms with Crippen LogP contribution < -0.4 is 10.1 Å². The molecule has 0 saturated carbocycles. The molecule has 31 heavy (non-hydrogen) atoms. The maximum Gasteiger partial charge on any atom is 0.129 e. The zero-order valence-corrected chi connectivity index (χ0v) is 18.2. The third kappa shape index (κ3) is 5.86. The van der Waals surface area contributed by atoms with Crippen molar-refractivity contribution in [2.24, 2.45) is 0 Å². The Kier molecular flexibility index (Phi) is 7.22. The van der Waals surface area contributed by atoms with Crippen molar-refractivity contribution in [2.45, 2.75) is 6.10 Å². The first-order valence-electron chi connectivity index (χ1n) is 9.78. The summed E-state index contributed by atoms with van der Waals surface area (Å²) in [5, 5.41) is 16.8. The molecule has 6 nitrogen and oxygen atoms in total. The van der Waals surface area contributed by atoms with Crippen molar-refractivity contribution in [3.63, 3.8) is 0 Å². The summed E-state index contributed by atoms with van der Waals surface area (Å²) in [7, 11) is 0. The summed E-state index contributed by atoms with van der Waals surface area (Å²) in [6.07, 6.45) is 4.47. The quantitative estimate of drug-likeness (QED) is 0.285. The highest BCUT2D eigenvalue weighted by atomic mass is 35.5. The molecule has 0 fully saturated rings. The average molecular weight is 453 g/mol. The maximum atomic E-state index is 10.2. The fraction of sp³-hybridized carbons (Fsp3) is 0.174. The van der Waals surface area contributed by atoms with Crippen molar-refractivity contribution in [3.8, 4) is 27.6 Å². The standard InChI is InChI=1S/C23H21ClN4O2S/c24-22-5-4-18(13-27-22)21(29)14-26-10-11-30-19-3-1-2-17(12-19)20-15-31-23(28-20)16-6-8-25-9-7-16/h1-9,12-13,15,21,26,29H,10-11,14H2/t21-/m0/s1. The van der Waals surface area contributed by atoms with Gasteiger partial charge in [0.1, 0.15) is 22.5 Å². The number of nitrogens with zero attached hydrogens (tertiary/aromatic N) is 3. The van der Waals surface area contributed by atoms with Crippen LogP contribution in [0.5, 0.6) is 5.75 Å². The van der Waals surface area contributed by atoms with Gasteiger partial charge in [-0.15, -0.1) is 11.3 Å². The van der Waals surface area contributed by atoms with Gasteiger partial charge in [-0.3, -0.25) is 4.98 Å². The van der Waals surface area contributed by atoms with Crippen LogP contribution in [0.3, 0.4) is 0 Å². The lowest BCUT2D eigenvalue weighted by atomic mass is 10.1. The number of ether oxygens (including phenoxy) is 1. The number of hydrogen-bond acceptors (Lipinski definition) is 7. The van der Waals surface area contributed by atoms with Crippen LogP contribution in [0.15, 0.2) is 72.5 Å². The molecule has 0 spiro atoms. The Balaban J connectivity index is 1.27. The molecule has 3 heterocycles. The van der Waals surface area contributed by atoms with Crippen LogP contribution in [0.4, 0.5) is 0 Å². The number of benzene rings is 1. The van der Waals surface area contributed by atoms with Gasteiger partial charge in [0.15, 0.2) is 0 Å². The summed E-state index contributed by atoms with van der Waals surface area (Å²) in [6, 6.07) is 15.2. The number of halogens is 1. The Bertz CT molecular complexity index is 1110. The number of aliphatic hydroxyl groups excluding tert-OH is 1. The minimum atomic E-state index is -0.646. The zero-order valence-electron chi connectivity index (χ0n) is 16.6. The topological polar surface area (TPSA) is 80.2 Å². The van der Waals surface area contributed by atoms with E-state index in [2.05, 4.69) is 15.3 Å². The summed E-state index contributed by atoms with van der Waals surface area (Å²) >= 11 is 7.37. The van der Waals surface area contributed by atoms with E-state index in [1.165, 1.54) is 0 Å². The van der Waals surface area contributed by atoms with Gasteiger partial charge in [0.05, 0.1) is 11.8 Å². The van der Waals surface area contributed by atoms with Crippen LogP contribution in [-0.4, -0.2) is 39.8 Å². The highest BCUT2D eigenvalue weighted by Crippen LogP contribution is 2.30. The molecule has 0 aliphatic rings. The summed E-state index contributed by atoms with van der Waals surface area (Å²) in [4.78, 5) is 12.8. The highest BCUT2D eigenvalue weighted by molar-refractivity contribution is 7.13. The summed E-state index contributed by atoms with van der Waals surface area (Å²) in [5.74, 6) is 0.778. The molecule has 0 aliphatic heterocycles. The fourth-order valence-corrected chi connectivity index (χ4v) is 3.91. The maximum absolute atomic E-state index is 10.2. The summed E-state index contributed by atoms with van der Waals surface area (Å²) in [6.45, 7) is 1.49. The van der Waals surface area contributed by atoms with E-state index in [9.17, 15) is 5.11 Å². The van der Waals surface area contributed by atoms with E-state index in [1.807, 2.05) is 41.8 Å². The first kappa shape index (κ1) is 21.4. The van der Waals surface area contributed by atoms with Crippen LogP contribution in [0.25, 0.3) is 21.8 Å². The molecule has 0 amide bonds. The molecule has 4 aromatic rings. The van der Waals surface area contributed by atoms with Crippen molar-refractivity contribution in [3.05, 3.63) is 83.2 Å². The van der Waals surface area contributed by atoms with Gasteiger partial charge >= 0.3 is 0 Å². The predicted molar refractivity (Wildman–Crippen MR) is 123 cm³/mol. The first-order valence-corrected chi connectivity index (χ1v) is 11.0. The van der Waals surface area contributed by atoms with Gasteiger partial charge in [-0.1, -0.05) is 29.8 Å².